The second-order valence-corrected chi connectivity index (χ2v) is 6.56. The Kier molecular flexibility index (Phi) is 3.50. The third-order valence-electron chi connectivity index (χ3n) is 3.97. The molecule has 0 bridgehead atoms. The van der Waals surface area contributed by atoms with E-state index in [0.29, 0.717) is 0 Å². The number of halogens is 1. The van der Waals surface area contributed by atoms with Crippen molar-refractivity contribution in [2.24, 2.45) is 7.05 Å². The summed E-state index contributed by atoms with van der Waals surface area (Å²) in [7, 11) is 1.93. The van der Waals surface area contributed by atoms with Crippen LogP contribution in [-0.2, 0) is 13.5 Å². The van der Waals surface area contributed by atoms with Crippen molar-refractivity contribution in [1.82, 2.24) is 20.0 Å². The summed E-state index contributed by atoms with van der Waals surface area (Å²) < 4.78 is 2.89. The Bertz CT molecular complexity index is 966. The second-order valence-electron chi connectivity index (χ2n) is 5.64. The molecular weight excluding hydrogens is 352 g/mol. The largest absolute Gasteiger partial charge is 0.281 e. The fourth-order valence-corrected chi connectivity index (χ4v) is 3.12. The first-order valence-electron chi connectivity index (χ1n) is 7.39. The van der Waals surface area contributed by atoms with E-state index in [1.165, 1.54) is 11.1 Å². The number of aromatic nitrogens is 4. The molecule has 4 aromatic rings. The molecule has 0 amide bonds. The maximum absolute atomic E-state index is 4.37. The van der Waals surface area contributed by atoms with E-state index >= 15 is 0 Å². The van der Waals surface area contributed by atoms with Crippen LogP contribution in [0.2, 0.25) is 0 Å². The van der Waals surface area contributed by atoms with Crippen LogP contribution in [0.25, 0.3) is 22.0 Å². The van der Waals surface area contributed by atoms with Gasteiger partial charge in [-0.05, 0) is 29.3 Å². The van der Waals surface area contributed by atoms with Gasteiger partial charge >= 0.3 is 0 Å². The number of hydrogen-bond acceptors (Lipinski definition) is 2. The number of H-pyrrole nitrogens is 1. The predicted octanol–water partition coefficient (Wildman–Crippen LogP) is 4.32. The van der Waals surface area contributed by atoms with E-state index in [4.69, 9.17) is 0 Å². The van der Waals surface area contributed by atoms with Gasteiger partial charge in [0.2, 0.25) is 0 Å². The molecule has 0 saturated heterocycles. The van der Waals surface area contributed by atoms with Gasteiger partial charge in [-0.25, -0.2) is 0 Å². The van der Waals surface area contributed by atoms with Gasteiger partial charge < -0.3 is 0 Å². The van der Waals surface area contributed by atoms with Gasteiger partial charge in [0.05, 0.1) is 11.7 Å². The van der Waals surface area contributed by atoms with E-state index in [0.717, 1.165) is 33.1 Å². The Hall–Kier alpha value is -2.40. The Labute approximate surface area is 142 Å². The molecule has 5 heteroatoms. The van der Waals surface area contributed by atoms with Crippen molar-refractivity contribution in [2.75, 3.05) is 0 Å². The molecule has 23 heavy (non-hydrogen) atoms. The molecule has 114 valence electrons. The highest BCUT2D eigenvalue weighted by Crippen LogP contribution is 2.24. The zero-order chi connectivity index (χ0) is 15.8. The summed E-state index contributed by atoms with van der Waals surface area (Å²) >= 11 is 3.52. The van der Waals surface area contributed by atoms with Crippen LogP contribution in [0.1, 0.15) is 11.3 Å². The first-order chi connectivity index (χ1) is 11.2. The standard InChI is InChI=1S/C18H15BrN4/c1-23-11-14(10-20-23)13-4-2-12(3-5-13)8-18-16-9-15(19)6-7-17(16)21-22-18/h2-7,9-11H,8H2,1H3,(H,21,22). The minimum atomic E-state index is 0.834. The lowest BCUT2D eigenvalue weighted by molar-refractivity contribution is 0.768. The third-order valence-corrected chi connectivity index (χ3v) is 4.46. The van der Waals surface area contributed by atoms with E-state index in [1.807, 2.05) is 36.3 Å². The zero-order valence-corrected chi connectivity index (χ0v) is 14.2. The van der Waals surface area contributed by atoms with E-state index in [9.17, 15) is 0 Å². The number of benzene rings is 2. The van der Waals surface area contributed by atoms with Crippen LogP contribution >= 0.6 is 15.9 Å². The number of aromatic amines is 1. The van der Waals surface area contributed by atoms with Crippen molar-refractivity contribution < 1.29 is 0 Å². The fraction of sp³-hybridized carbons (Fsp3) is 0.111. The van der Waals surface area contributed by atoms with E-state index < -0.39 is 0 Å². The fourth-order valence-electron chi connectivity index (χ4n) is 2.76. The Morgan fingerprint density at radius 2 is 1.91 bits per heavy atom. The molecule has 0 radical (unpaired) electrons. The molecule has 2 aromatic carbocycles. The molecule has 0 atom stereocenters. The number of fused-ring (bicyclic) bond motifs is 1. The van der Waals surface area contributed by atoms with Gasteiger partial charge in [0.1, 0.15) is 0 Å². The molecule has 0 fully saturated rings. The number of nitrogens with zero attached hydrogens (tertiary/aromatic N) is 3. The maximum Gasteiger partial charge on any atom is 0.0924 e. The maximum atomic E-state index is 4.37. The van der Waals surface area contributed by atoms with E-state index in [-0.39, 0.29) is 0 Å². The monoisotopic (exact) mass is 366 g/mol. The molecule has 0 spiro atoms. The van der Waals surface area contributed by atoms with Gasteiger partial charge in [0.15, 0.2) is 0 Å². The van der Waals surface area contributed by atoms with Crippen LogP contribution in [0, 0.1) is 0 Å². The third kappa shape index (κ3) is 2.80. The van der Waals surface area contributed by atoms with Gasteiger partial charge in [-0.15, -0.1) is 0 Å². The highest BCUT2D eigenvalue weighted by atomic mass is 79.9. The van der Waals surface area contributed by atoms with Crippen molar-refractivity contribution >= 4 is 26.8 Å². The number of nitrogens with one attached hydrogen (secondary N) is 1. The molecule has 0 unspecified atom stereocenters. The first-order valence-corrected chi connectivity index (χ1v) is 8.19. The Balaban J connectivity index is 1.62. The van der Waals surface area contributed by atoms with Crippen molar-refractivity contribution in [3.63, 3.8) is 0 Å². The van der Waals surface area contributed by atoms with Gasteiger partial charge in [-0.3, -0.25) is 9.78 Å². The van der Waals surface area contributed by atoms with Gasteiger partial charge in [0, 0.05) is 40.8 Å². The normalized spacial score (nSPS) is 11.2. The molecule has 0 aliphatic carbocycles. The lowest BCUT2D eigenvalue weighted by Crippen LogP contribution is -1.89. The summed E-state index contributed by atoms with van der Waals surface area (Å²) in [6.07, 6.45) is 4.74. The molecular formula is C18H15BrN4. The molecule has 4 rings (SSSR count). The lowest BCUT2D eigenvalue weighted by Gasteiger charge is -2.03. The highest BCUT2D eigenvalue weighted by molar-refractivity contribution is 9.10. The molecule has 4 nitrogen and oxygen atoms in total. The highest BCUT2D eigenvalue weighted by Gasteiger charge is 2.07. The molecule has 2 heterocycles. The summed E-state index contributed by atoms with van der Waals surface area (Å²) in [5.41, 5.74) is 5.70. The Morgan fingerprint density at radius 1 is 1.09 bits per heavy atom. The quantitative estimate of drug-likeness (QED) is 0.586. The topological polar surface area (TPSA) is 46.5 Å². The van der Waals surface area contributed by atoms with Gasteiger partial charge in [-0.1, -0.05) is 40.2 Å². The molecule has 0 saturated carbocycles. The minimum absolute atomic E-state index is 0.834. The minimum Gasteiger partial charge on any atom is -0.281 e. The molecule has 2 aromatic heterocycles. The van der Waals surface area contributed by atoms with Crippen molar-refractivity contribution in [1.29, 1.82) is 0 Å². The summed E-state index contributed by atoms with van der Waals surface area (Å²) in [6, 6.07) is 14.7. The first kappa shape index (κ1) is 14.2. The number of aryl methyl sites for hydroxylation is 1. The molecule has 0 aliphatic heterocycles. The smallest absolute Gasteiger partial charge is 0.0924 e. The number of rotatable bonds is 3. The van der Waals surface area contributed by atoms with Crippen LogP contribution in [-0.4, -0.2) is 20.0 Å². The van der Waals surface area contributed by atoms with Crippen molar-refractivity contribution in [3.8, 4) is 11.1 Å². The zero-order valence-electron chi connectivity index (χ0n) is 12.6. The van der Waals surface area contributed by atoms with Crippen molar-refractivity contribution in [3.05, 3.63) is 70.6 Å². The van der Waals surface area contributed by atoms with Gasteiger partial charge in [0.25, 0.3) is 0 Å². The Morgan fingerprint density at radius 3 is 2.65 bits per heavy atom. The molecule has 0 aliphatic rings. The van der Waals surface area contributed by atoms with Crippen LogP contribution in [0.5, 0.6) is 0 Å². The molecule has 1 N–H and O–H groups in total. The number of hydrogen-bond donors (Lipinski definition) is 1. The van der Waals surface area contributed by atoms with Gasteiger partial charge in [-0.2, -0.15) is 10.2 Å². The lowest BCUT2D eigenvalue weighted by atomic mass is 10.0. The average Bonchev–Trinajstić information content (AvgIpc) is 3.15. The van der Waals surface area contributed by atoms with Crippen LogP contribution < -0.4 is 0 Å². The van der Waals surface area contributed by atoms with Crippen LogP contribution in [0.3, 0.4) is 0 Å². The van der Waals surface area contributed by atoms with Crippen LogP contribution in [0.4, 0.5) is 0 Å². The van der Waals surface area contributed by atoms with E-state index in [1.54, 1.807) is 0 Å². The summed E-state index contributed by atoms with van der Waals surface area (Å²) in [5.74, 6) is 0. The average molecular weight is 367 g/mol. The SMILES string of the molecule is Cn1cc(-c2ccc(Cc3[nH]nc4ccc(Br)cc34)cc2)cn1. The summed E-state index contributed by atoms with van der Waals surface area (Å²) in [6.45, 7) is 0. The second kappa shape index (κ2) is 5.66. The van der Waals surface area contributed by atoms with Crippen LogP contribution in [0.15, 0.2) is 59.3 Å². The summed E-state index contributed by atoms with van der Waals surface area (Å²) in [4.78, 5) is 0. The predicted molar refractivity (Wildman–Crippen MR) is 95.2 cm³/mol. The van der Waals surface area contributed by atoms with E-state index in [2.05, 4.69) is 61.6 Å². The van der Waals surface area contributed by atoms with Crippen molar-refractivity contribution in [2.45, 2.75) is 6.42 Å². The summed E-state index contributed by atoms with van der Waals surface area (Å²) in [5, 5.41) is 12.9.